The van der Waals surface area contributed by atoms with Crippen LogP contribution in [0.1, 0.15) is 18.9 Å². The van der Waals surface area contributed by atoms with Gasteiger partial charge in [-0.05, 0) is 37.1 Å². The molecule has 0 aliphatic carbocycles. The first-order valence-corrected chi connectivity index (χ1v) is 8.46. The monoisotopic (exact) mass is 298 g/mol. The van der Waals surface area contributed by atoms with E-state index in [2.05, 4.69) is 16.5 Å². The van der Waals surface area contributed by atoms with E-state index in [4.69, 9.17) is 0 Å². The van der Waals surface area contributed by atoms with Gasteiger partial charge in [-0.1, -0.05) is 25.1 Å². The molecule has 0 bridgehead atoms. The van der Waals surface area contributed by atoms with Crippen LogP contribution < -0.4 is 4.72 Å². The summed E-state index contributed by atoms with van der Waals surface area (Å²) in [7, 11) is -3.54. The van der Waals surface area contributed by atoms with Crippen molar-refractivity contribution >= 4 is 10.0 Å². The normalized spacial score (nSPS) is 20.4. The number of likely N-dealkylation sites (tertiary alicyclic amines) is 1. The van der Waals surface area contributed by atoms with Crippen molar-refractivity contribution in [2.75, 3.05) is 26.2 Å². The minimum Gasteiger partial charge on any atom is -0.392 e. The van der Waals surface area contributed by atoms with Gasteiger partial charge in [0.05, 0.1) is 11.5 Å². The van der Waals surface area contributed by atoms with Crippen LogP contribution in [0, 0.1) is 5.92 Å². The summed E-state index contributed by atoms with van der Waals surface area (Å²) in [6.07, 6.45) is 1.03. The number of rotatable bonds is 6. The summed E-state index contributed by atoms with van der Waals surface area (Å²) < 4.78 is 27.2. The van der Waals surface area contributed by atoms with Crippen LogP contribution in [0.5, 0.6) is 0 Å². The zero-order chi connectivity index (χ0) is 14.6. The highest BCUT2D eigenvalue weighted by molar-refractivity contribution is 7.89. The number of hydrogen-bond acceptors (Lipinski definition) is 4. The summed E-state index contributed by atoms with van der Waals surface area (Å²) >= 11 is 0. The lowest BCUT2D eigenvalue weighted by Gasteiger charge is -2.15. The van der Waals surface area contributed by atoms with Crippen LogP contribution in [0.25, 0.3) is 0 Å². The van der Waals surface area contributed by atoms with Crippen molar-refractivity contribution in [3.05, 3.63) is 29.8 Å². The third kappa shape index (κ3) is 3.58. The Balaban J connectivity index is 2.01. The average molecular weight is 298 g/mol. The Morgan fingerprint density at radius 3 is 2.80 bits per heavy atom. The van der Waals surface area contributed by atoms with E-state index in [1.807, 2.05) is 0 Å². The van der Waals surface area contributed by atoms with Crippen molar-refractivity contribution in [3.8, 4) is 0 Å². The molecule has 1 aliphatic rings. The maximum atomic E-state index is 12.3. The molecule has 0 radical (unpaired) electrons. The molecule has 1 aromatic carbocycles. The van der Waals surface area contributed by atoms with E-state index >= 15 is 0 Å². The molecule has 0 saturated carbocycles. The van der Waals surface area contributed by atoms with Gasteiger partial charge in [-0.25, -0.2) is 13.1 Å². The Hall–Kier alpha value is -0.950. The van der Waals surface area contributed by atoms with E-state index in [0.717, 1.165) is 26.1 Å². The van der Waals surface area contributed by atoms with Gasteiger partial charge in [0, 0.05) is 13.1 Å². The summed E-state index contributed by atoms with van der Waals surface area (Å²) in [5.74, 6) is 0.367. The molecule has 2 N–H and O–H groups in total. The van der Waals surface area contributed by atoms with E-state index < -0.39 is 10.0 Å². The van der Waals surface area contributed by atoms with Crippen molar-refractivity contribution < 1.29 is 13.5 Å². The van der Waals surface area contributed by atoms with Crippen LogP contribution in [-0.2, 0) is 16.6 Å². The lowest BCUT2D eigenvalue weighted by Crippen LogP contribution is -2.31. The maximum Gasteiger partial charge on any atom is 0.240 e. The van der Waals surface area contributed by atoms with Crippen molar-refractivity contribution in [2.24, 2.45) is 5.92 Å². The molecule has 1 saturated heterocycles. The number of nitrogens with one attached hydrogen (secondary N) is 1. The summed E-state index contributed by atoms with van der Waals surface area (Å²) in [6.45, 7) is 5.29. The molecule has 0 aromatic heterocycles. The smallest absolute Gasteiger partial charge is 0.240 e. The van der Waals surface area contributed by atoms with Crippen molar-refractivity contribution in [2.45, 2.75) is 24.8 Å². The zero-order valence-electron chi connectivity index (χ0n) is 11.7. The number of aliphatic hydroxyl groups excluding tert-OH is 1. The van der Waals surface area contributed by atoms with Gasteiger partial charge in [0.25, 0.3) is 0 Å². The van der Waals surface area contributed by atoms with Crippen molar-refractivity contribution in [1.82, 2.24) is 9.62 Å². The molecular weight excluding hydrogens is 276 g/mol. The first-order valence-electron chi connectivity index (χ1n) is 6.97. The molecule has 1 aliphatic heterocycles. The number of aliphatic hydroxyl groups is 1. The predicted molar refractivity (Wildman–Crippen MR) is 77.8 cm³/mol. The molecule has 1 atom stereocenters. The third-order valence-electron chi connectivity index (χ3n) is 3.81. The van der Waals surface area contributed by atoms with Gasteiger partial charge in [0.1, 0.15) is 0 Å². The average Bonchev–Trinajstić information content (AvgIpc) is 2.93. The van der Waals surface area contributed by atoms with E-state index in [1.54, 1.807) is 18.2 Å². The minimum absolute atomic E-state index is 0.174. The number of benzene rings is 1. The van der Waals surface area contributed by atoms with Crippen LogP contribution >= 0.6 is 0 Å². The van der Waals surface area contributed by atoms with Gasteiger partial charge < -0.3 is 10.0 Å². The zero-order valence-corrected chi connectivity index (χ0v) is 12.6. The van der Waals surface area contributed by atoms with Gasteiger partial charge in [0.15, 0.2) is 0 Å². The first-order chi connectivity index (χ1) is 9.56. The number of sulfonamides is 1. The fourth-order valence-electron chi connectivity index (χ4n) is 2.57. The molecule has 1 unspecified atom stereocenters. The van der Waals surface area contributed by atoms with Gasteiger partial charge in [-0.15, -0.1) is 0 Å². The standard InChI is InChI=1S/C14H22N2O3S/c1-2-16-8-7-12(10-16)9-15-20(18,19)14-6-4-3-5-13(14)11-17/h3-6,12,15,17H,2,7-11H2,1H3. The second-order valence-corrected chi connectivity index (χ2v) is 6.90. The van der Waals surface area contributed by atoms with Gasteiger partial charge in [0.2, 0.25) is 10.0 Å². The van der Waals surface area contributed by atoms with Gasteiger partial charge in [-0.2, -0.15) is 0 Å². The summed E-state index contributed by atoms with van der Waals surface area (Å²) in [4.78, 5) is 2.49. The van der Waals surface area contributed by atoms with Crippen LogP contribution in [0.2, 0.25) is 0 Å². The van der Waals surface area contributed by atoms with Crippen LogP contribution in [-0.4, -0.2) is 44.6 Å². The molecule has 1 aromatic rings. The van der Waals surface area contributed by atoms with E-state index in [-0.39, 0.29) is 11.5 Å². The molecule has 1 fully saturated rings. The first kappa shape index (κ1) is 15.4. The lowest BCUT2D eigenvalue weighted by molar-refractivity contribution is 0.278. The van der Waals surface area contributed by atoms with Crippen LogP contribution in [0.3, 0.4) is 0 Å². The Morgan fingerprint density at radius 1 is 1.40 bits per heavy atom. The molecular formula is C14H22N2O3S. The predicted octanol–water partition coefficient (Wildman–Crippen LogP) is 0.799. The quantitative estimate of drug-likeness (QED) is 0.815. The number of nitrogens with zero attached hydrogens (tertiary/aromatic N) is 1. The molecule has 2 rings (SSSR count). The second-order valence-electron chi connectivity index (χ2n) is 5.17. The highest BCUT2D eigenvalue weighted by atomic mass is 32.2. The number of hydrogen-bond donors (Lipinski definition) is 2. The third-order valence-corrected chi connectivity index (χ3v) is 5.34. The Morgan fingerprint density at radius 2 is 2.15 bits per heavy atom. The molecule has 0 spiro atoms. The van der Waals surface area contributed by atoms with E-state index in [0.29, 0.717) is 18.0 Å². The fraction of sp³-hybridized carbons (Fsp3) is 0.571. The molecule has 1 heterocycles. The molecule has 20 heavy (non-hydrogen) atoms. The highest BCUT2D eigenvalue weighted by Crippen LogP contribution is 2.18. The van der Waals surface area contributed by atoms with Crippen molar-refractivity contribution in [1.29, 1.82) is 0 Å². The fourth-order valence-corrected chi connectivity index (χ4v) is 3.91. The Labute approximate surface area is 120 Å². The van der Waals surface area contributed by atoms with Gasteiger partial charge in [-0.3, -0.25) is 0 Å². The summed E-state index contributed by atoms with van der Waals surface area (Å²) in [6, 6.07) is 6.55. The lowest BCUT2D eigenvalue weighted by atomic mass is 10.1. The van der Waals surface area contributed by atoms with Crippen molar-refractivity contribution in [3.63, 3.8) is 0 Å². The second kappa shape index (κ2) is 6.67. The SMILES string of the molecule is CCN1CCC(CNS(=O)(=O)c2ccccc2CO)C1. The summed E-state index contributed by atoms with van der Waals surface area (Å²) in [5, 5.41) is 9.23. The molecule has 5 nitrogen and oxygen atoms in total. The Bertz CT molecular complexity index is 545. The topological polar surface area (TPSA) is 69.6 Å². The van der Waals surface area contributed by atoms with E-state index in [9.17, 15) is 13.5 Å². The van der Waals surface area contributed by atoms with Crippen LogP contribution in [0.4, 0.5) is 0 Å². The molecule has 0 amide bonds. The Kier molecular flexibility index (Phi) is 5.15. The summed E-state index contributed by atoms with van der Waals surface area (Å²) in [5.41, 5.74) is 0.432. The maximum absolute atomic E-state index is 12.3. The van der Waals surface area contributed by atoms with Gasteiger partial charge >= 0.3 is 0 Å². The van der Waals surface area contributed by atoms with E-state index in [1.165, 1.54) is 6.07 Å². The molecule has 112 valence electrons. The molecule has 6 heteroatoms. The van der Waals surface area contributed by atoms with Crippen LogP contribution in [0.15, 0.2) is 29.2 Å². The largest absolute Gasteiger partial charge is 0.392 e. The highest BCUT2D eigenvalue weighted by Gasteiger charge is 2.24. The minimum atomic E-state index is -3.54.